The molecule has 1 amide bonds. The van der Waals surface area contributed by atoms with Gasteiger partial charge in [0.15, 0.2) is 0 Å². The first-order valence-electron chi connectivity index (χ1n) is 6.57. The molecule has 0 aliphatic carbocycles. The Balaban J connectivity index is 1.89. The Morgan fingerprint density at radius 2 is 2.00 bits per heavy atom. The number of rotatable bonds is 5. The van der Waals surface area contributed by atoms with Crippen molar-refractivity contribution in [1.29, 1.82) is 0 Å². The van der Waals surface area contributed by atoms with Crippen LogP contribution >= 0.6 is 23.2 Å². The van der Waals surface area contributed by atoms with Crippen LogP contribution in [-0.2, 0) is 0 Å². The summed E-state index contributed by atoms with van der Waals surface area (Å²) in [6.45, 7) is 0.257. The van der Waals surface area contributed by atoms with Gasteiger partial charge in [0.05, 0.1) is 16.1 Å². The minimum atomic E-state index is -0.769. The van der Waals surface area contributed by atoms with Gasteiger partial charge < -0.3 is 15.4 Å². The highest BCUT2D eigenvalue weighted by atomic mass is 35.5. The molecule has 1 heterocycles. The number of nitrogens with one attached hydrogen (secondary N) is 2. The number of H-pyrrole nitrogens is 1. The first-order valence-corrected chi connectivity index (χ1v) is 7.33. The SMILES string of the molecule is O=C(NCCC(O)c1ccc(Cl)c(Cl)c1)c1cc[nH]c(=O)c1. The van der Waals surface area contributed by atoms with E-state index < -0.39 is 6.10 Å². The summed E-state index contributed by atoms with van der Waals surface area (Å²) in [6, 6.07) is 7.60. The highest BCUT2D eigenvalue weighted by molar-refractivity contribution is 6.42. The van der Waals surface area contributed by atoms with E-state index in [4.69, 9.17) is 23.2 Å². The molecule has 0 saturated carbocycles. The third-order valence-corrected chi connectivity index (χ3v) is 3.81. The van der Waals surface area contributed by atoms with Crippen molar-refractivity contribution in [2.75, 3.05) is 6.54 Å². The lowest BCUT2D eigenvalue weighted by molar-refractivity contribution is 0.0942. The van der Waals surface area contributed by atoms with E-state index in [1.807, 2.05) is 0 Å². The average molecular weight is 341 g/mol. The summed E-state index contributed by atoms with van der Waals surface area (Å²) in [5, 5.41) is 13.5. The molecule has 1 atom stereocenters. The van der Waals surface area contributed by atoms with E-state index >= 15 is 0 Å². The fourth-order valence-electron chi connectivity index (χ4n) is 1.90. The zero-order valence-corrected chi connectivity index (χ0v) is 13.0. The maximum absolute atomic E-state index is 11.8. The summed E-state index contributed by atoms with van der Waals surface area (Å²) in [4.78, 5) is 25.4. The second kappa shape index (κ2) is 7.45. The van der Waals surface area contributed by atoms with Gasteiger partial charge in [-0.25, -0.2) is 0 Å². The molecule has 0 bridgehead atoms. The molecule has 7 heteroatoms. The fourth-order valence-corrected chi connectivity index (χ4v) is 2.20. The molecule has 0 saturated heterocycles. The van der Waals surface area contributed by atoms with Crippen LogP contribution in [0, 0.1) is 0 Å². The molecule has 0 spiro atoms. The van der Waals surface area contributed by atoms with Gasteiger partial charge in [-0.15, -0.1) is 0 Å². The summed E-state index contributed by atoms with van der Waals surface area (Å²) in [7, 11) is 0. The van der Waals surface area contributed by atoms with E-state index in [-0.39, 0.29) is 23.6 Å². The van der Waals surface area contributed by atoms with Crippen LogP contribution in [0.5, 0.6) is 0 Å². The third kappa shape index (κ3) is 4.34. The van der Waals surface area contributed by atoms with E-state index in [1.54, 1.807) is 18.2 Å². The van der Waals surface area contributed by atoms with Crippen LogP contribution in [-0.4, -0.2) is 22.5 Å². The molecule has 2 aromatic rings. The fraction of sp³-hybridized carbons (Fsp3) is 0.200. The molecule has 0 fully saturated rings. The summed E-state index contributed by atoms with van der Waals surface area (Å²) in [5.41, 5.74) is 0.552. The molecule has 2 rings (SSSR count). The number of carbonyl (C=O) groups is 1. The van der Waals surface area contributed by atoms with Gasteiger partial charge in [-0.2, -0.15) is 0 Å². The van der Waals surface area contributed by atoms with Crippen LogP contribution in [0.25, 0.3) is 0 Å². The number of carbonyl (C=O) groups excluding carboxylic acids is 1. The Labute approximate surface area is 136 Å². The Bertz CT molecular complexity index is 731. The molecule has 22 heavy (non-hydrogen) atoms. The second-order valence-corrected chi connectivity index (χ2v) is 5.49. The number of benzene rings is 1. The molecule has 0 radical (unpaired) electrons. The molecule has 0 aliphatic rings. The Kier molecular flexibility index (Phi) is 5.60. The van der Waals surface area contributed by atoms with Crippen LogP contribution in [0.1, 0.15) is 28.4 Å². The smallest absolute Gasteiger partial charge is 0.251 e. The molecular formula is C15H14Cl2N2O3. The number of aromatic amines is 1. The van der Waals surface area contributed by atoms with Gasteiger partial charge in [0.25, 0.3) is 5.91 Å². The number of amides is 1. The summed E-state index contributed by atoms with van der Waals surface area (Å²) < 4.78 is 0. The number of aromatic nitrogens is 1. The third-order valence-electron chi connectivity index (χ3n) is 3.07. The van der Waals surface area contributed by atoms with Crippen molar-refractivity contribution in [3.8, 4) is 0 Å². The van der Waals surface area contributed by atoms with Crippen molar-refractivity contribution in [3.05, 3.63) is 68.1 Å². The van der Waals surface area contributed by atoms with E-state index in [9.17, 15) is 14.7 Å². The molecule has 5 nitrogen and oxygen atoms in total. The van der Waals surface area contributed by atoms with Gasteiger partial charge in [0.1, 0.15) is 0 Å². The first-order chi connectivity index (χ1) is 10.5. The standard InChI is InChI=1S/C15H14Cl2N2O3/c16-11-2-1-9(7-12(11)17)13(20)4-6-19-15(22)10-3-5-18-14(21)8-10/h1-3,5,7-8,13,20H,4,6H2,(H,18,21)(H,19,22). The zero-order chi connectivity index (χ0) is 16.1. The summed E-state index contributed by atoms with van der Waals surface area (Å²) in [5.74, 6) is -0.368. The van der Waals surface area contributed by atoms with Gasteiger partial charge in [-0.1, -0.05) is 29.3 Å². The van der Waals surface area contributed by atoms with E-state index in [0.717, 1.165) is 0 Å². The van der Waals surface area contributed by atoms with Crippen molar-refractivity contribution in [1.82, 2.24) is 10.3 Å². The van der Waals surface area contributed by atoms with E-state index in [1.165, 1.54) is 18.3 Å². The van der Waals surface area contributed by atoms with Gasteiger partial charge in [-0.3, -0.25) is 9.59 Å². The minimum absolute atomic E-state index is 0.257. The lowest BCUT2D eigenvalue weighted by Crippen LogP contribution is -2.26. The summed E-state index contributed by atoms with van der Waals surface area (Å²) >= 11 is 11.7. The number of halogens is 2. The summed E-state index contributed by atoms with van der Waals surface area (Å²) in [6.07, 6.45) is 0.948. The largest absolute Gasteiger partial charge is 0.388 e. The molecule has 116 valence electrons. The van der Waals surface area contributed by atoms with Crippen molar-refractivity contribution in [3.63, 3.8) is 0 Å². The van der Waals surface area contributed by atoms with Crippen LogP contribution in [0.3, 0.4) is 0 Å². The number of aliphatic hydroxyl groups excluding tert-OH is 1. The number of hydrogen-bond acceptors (Lipinski definition) is 3. The van der Waals surface area contributed by atoms with Gasteiger partial charge in [-0.05, 0) is 30.2 Å². The number of aliphatic hydroxyl groups is 1. The molecule has 1 aromatic carbocycles. The first kappa shape index (κ1) is 16.5. The van der Waals surface area contributed by atoms with Crippen molar-refractivity contribution in [2.24, 2.45) is 0 Å². The molecule has 1 unspecified atom stereocenters. The predicted molar refractivity (Wildman–Crippen MR) is 85.4 cm³/mol. The lowest BCUT2D eigenvalue weighted by Gasteiger charge is -2.12. The lowest BCUT2D eigenvalue weighted by atomic mass is 10.1. The highest BCUT2D eigenvalue weighted by Crippen LogP contribution is 2.26. The van der Waals surface area contributed by atoms with Crippen LogP contribution < -0.4 is 10.9 Å². The Morgan fingerprint density at radius 3 is 2.68 bits per heavy atom. The number of hydrogen-bond donors (Lipinski definition) is 3. The Hall–Kier alpha value is -1.82. The van der Waals surface area contributed by atoms with Crippen LogP contribution in [0.4, 0.5) is 0 Å². The average Bonchev–Trinajstić information content (AvgIpc) is 2.49. The monoisotopic (exact) mass is 340 g/mol. The molecule has 1 aromatic heterocycles. The molecule has 0 aliphatic heterocycles. The van der Waals surface area contributed by atoms with E-state index in [2.05, 4.69) is 10.3 Å². The van der Waals surface area contributed by atoms with Crippen molar-refractivity contribution >= 4 is 29.1 Å². The second-order valence-electron chi connectivity index (χ2n) is 4.68. The normalized spacial score (nSPS) is 12.0. The van der Waals surface area contributed by atoms with E-state index in [0.29, 0.717) is 22.0 Å². The van der Waals surface area contributed by atoms with Crippen LogP contribution in [0.15, 0.2) is 41.3 Å². The van der Waals surface area contributed by atoms with Crippen molar-refractivity contribution in [2.45, 2.75) is 12.5 Å². The van der Waals surface area contributed by atoms with Gasteiger partial charge in [0.2, 0.25) is 5.56 Å². The molecular weight excluding hydrogens is 327 g/mol. The quantitative estimate of drug-likeness (QED) is 0.782. The topological polar surface area (TPSA) is 82.2 Å². The zero-order valence-electron chi connectivity index (χ0n) is 11.5. The van der Waals surface area contributed by atoms with Gasteiger partial charge in [0, 0.05) is 24.4 Å². The van der Waals surface area contributed by atoms with Crippen LogP contribution in [0.2, 0.25) is 10.0 Å². The number of pyridine rings is 1. The molecule has 3 N–H and O–H groups in total. The van der Waals surface area contributed by atoms with Crippen molar-refractivity contribution < 1.29 is 9.90 Å². The Morgan fingerprint density at radius 1 is 1.23 bits per heavy atom. The maximum Gasteiger partial charge on any atom is 0.251 e. The predicted octanol–water partition coefficient (Wildman–Crippen LogP) is 2.54. The minimum Gasteiger partial charge on any atom is -0.388 e. The highest BCUT2D eigenvalue weighted by Gasteiger charge is 2.11. The maximum atomic E-state index is 11.8. The van der Waals surface area contributed by atoms with Gasteiger partial charge >= 0.3 is 0 Å².